The molecule has 0 aliphatic carbocycles. The number of carbonyl (C=O) groups is 1. The molecule has 19 nitrogen and oxygen atoms in total. The minimum atomic E-state index is -3.32. The van der Waals surface area contributed by atoms with E-state index in [9.17, 15) is 13.9 Å². The molecule has 3 N–H and O–H groups in total. The van der Waals surface area contributed by atoms with Crippen LogP contribution in [0, 0.1) is 0 Å². The van der Waals surface area contributed by atoms with Crippen LogP contribution in [0.15, 0.2) is 48.8 Å². The van der Waals surface area contributed by atoms with Crippen molar-refractivity contribution in [2.24, 2.45) is 0 Å². The zero-order valence-electron chi connectivity index (χ0n) is 41.1. The predicted octanol–water partition coefficient (Wildman–Crippen LogP) is 13.6. The summed E-state index contributed by atoms with van der Waals surface area (Å²) in [6.45, 7) is 3.36. The molecule has 34 heteroatoms. The van der Waals surface area contributed by atoms with Crippen molar-refractivity contribution in [2.45, 2.75) is 53.2 Å². The van der Waals surface area contributed by atoms with Gasteiger partial charge < -0.3 is 42.2 Å². The number of hydrogen-bond acceptors (Lipinski definition) is 22. The first kappa shape index (κ1) is 74.0. The van der Waals surface area contributed by atoms with E-state index >= 15 is 0 Å². The Bertz CT molecular complexity index is 2090. The fourth-order valence-electron chi connectivity index (χ4n) is 4.05. The Hall–Kier alpha value is 0.900. The molecule has 71 heavy (non-hydrogen) atoms. The number of hydrogen-bond donors (Lipinski definition) is 3. The van der Waals surface area contributed by atoms with E-state index in [1.54, 1.807) is 50.6 Å². The van der Waals surface area contributed by atoms with Crippen LogP contribution in [0.5, 0.6) is 11.8 Å². The first-order valence-electron chi connectivity index (χ1n) is 20.8. The van der Waals surface area contributed by atoms with Crippen LogP contribution in [0.3, 0.4) is 0 Å². The maximum atomic E-state index is 12.5. The van der Waals surface area contributed by atoms with E-state index in [1.807, 2.05) is 69.8 Å². The molecule has 2 aromatic carbocycles. The SMILES string of the molecule is CCCSP(=O)(OCC)Oc1c(Cl)cc(Cl)cc1Cl.CCOP(=S)(OCC)Oc1ncn(-c2ccccc2)n1.CCSCCSP(=S)(OC)OC.CNC(=O)C(C)SCCSP(=O)(OC)OC.O=[PH](O)O. The second kappa shape index (κ2) is 42.9. The summed E-state index contributed by atoms with van der Waals surface area (Å²) in [5.41, 5.74) is -1.10. The van der Waals surface area contributed by atoms with Crippen LogP contribution in [-0.2, 0) is 73.8 Å². The Kier molecular flexibility index (Phi) is 44.7. The number of carbonyl (C=O) groups excluding carboxylic acids is 1. The van der Waals surface area contributed by atoms with E-state index in [0.717, 1.165) is 57.9 Å². The van der Waals surface area contributed by atoms with Gasteiger partial charge in [0.15, 0.2) is 5.75 Å². The molecule has 3 rings (SSSR count). The summed E-state index contributed by atoms with van der Waals surface area (Å²) < 4.78 is 81.2. The number of thioether (sulfide) groups is 2. The summed E-state index contributed by atoms with van der Waals surface area (Å²) >= 11 is 35.5. The fourth-order valence-corrected chi connectivity index (χ4v) is 18.6. The van der Waals surface area contributed by atoms with Crippen LogP contribution in [0.2, 0.25) is 15.1 Å². The second-order valence-electron chi connectivity index (χ2n) is 12.1. The van der Waals surface area contributed by atoms with Crippen molar-refractivity contribution in [2.75, 3.05) is 89.8 Å². The summed E-state index contributed by atoms with van der Waals surface area (Å²) in [7, 11) is 4.43. The number of benzene rings is 2. The normalized spacial score (nSPS) is 12.6. The zero-order chi connectivity index (χ0) is 54.5. The first-order valence-corrected chi connectivity index (χ1v) is 38.5. The molecule has 0 bridgehead atoms. The number of para-hydroxylation sites is 1. The van der Waals surface area contributed by atoms with Crippen LogP contribution in [0.1, 0.15) is 48.0 Å². The van der Waals surface area contributed by atoms with Gasteiger partial charge in [0.05, 0.1) is 40.8 Å². The number of nitrogens with one attached hydrogen (secondary N) is 1. The van der Waals surface area contributed by atoms with Crippen molar-refractivity contribution in [1.29, 1.82) is 0 Å². The van der Waals surface area contributed by atoms with Gasteiger partial charge in [-0.15, -0.1) is 16.9 Å². The predicted molar refractivity (Wildman–Crippen MR) is 311 cm³/mol. The first-order chi connectivity index (χ1) is 33.5. The van der Waals surface area contributed by atoms with Crippen molar-refractivity contribution >= 4 is 156 Å². The molecular formula is C37H66Cl3N4O15P5S7. The van der Waals surface area contributed by atoms with E-state index in [4.69, 9.17) is 113 Å². The number of aromatic nitrogens is 3. The molecule has 2 atom stereocenters. The van der Waals surface area contributed by atoms with E-state index in [0.29, 0.717) is 29.7 Å². The minimum absolute atomic E-state index is 0.00309. The highest BCUT2D eigenvalue weighted by molar-refractivity contribution is 8.68. The molecule has 1 heterocycles. The lowest BCUT2D eigenvalue weighted by molar-refractivity contribution is -0.119. The Morgan fingerprint density at radius 1 is 0.789 bits per heavy atom. The molecule has 0 fully saturated rings. The quantitative estimate of drug-likeness (QED) is 0.0433. The average molecular weight is 1290 g/mol. The largest absolute Gasteiger partial charge is 0.440 e. The second-order valence-corrected chi connectivity index (χ2v) is 34.8. The fraction of sp³-hybridized carbons (Fsp3) is 0.595. The topological polar surface area (TPSA) is 235 Å². The standard InChI is InChI=1S/C12H16N3O3PS.C11H14Cl3O3PS.C8H18NO4PS2.C6H15O2PS3.H3O3P/c1-3-16-19(20,17-4-2)18-12-13-10-15(14-12)11-8-6-5-7-9-11;1-3-5-19-18(15,16-4-2)17-11-9(13)6-8(12)7-10(11)14;1-7(8(10)9-2)15-5-6-16-14(11,12-3)13-4;1-4-11-5-6-12-9(10,7-2)8-3;1-4(2)3/h5-10H,3-4H2,1-2H3;6-7H,3-5H2,1-2H3;7H,5-6H2,1-4H3,(H,9,10);4-6H2,1-3H3;4H,(H2,1,2,3). The van der Waals surface area contributed by atoms with Crippen molar-refractivity contribution < 1.29 is 69.0 Å². The summed E-state index contributed by atoms with van der Waals surface area (Å²) in [6.07, 6.45) is 2.41. The molecule has 0 aliphatic heterocycles. The van der Waals surface area contributed by atoms with Gasteiger partial charge in [0.2, 0.25) is 11.6 Å². The van der Waals surface area contributed by atoms with Crippen molar-refractivity contribution in [3.05, 3.63) is 63.9 Å². The van der Waals surface area contributed by atoms with Gasteiger partial charge in [0.1, 0.15) is 6.33 Å². The summed E-state index contributed by atoms with van der Waals surface area (Å²) in [6, 6.07) is 12.7. The highest BCUT2D eigenvalue weighted by Gasteiger charge is 2.29. The maximum Gasteiger partial charge on any atom is 0.440 e. The van der Waals surface area contributed by atoms with Crippen LogP contribution < -0.4 is 14.4 Å². The van der Waals surface area contributed by atoms with Gasteiger partial charge in [0.25, 0.3) is 0 Å². The number of nitrogens with zero attached hydrogens (tertiary/aromatic N) is 3. The Morgan fingerprint density at radius 2 is 1.31 bits per heavy atom. The lowest BCUT2D eigenvalue weighted by Gasteiger charge is -2.19. The van der Waals surface area contributed by atoms with Crippen LogP contribution in [-0.4, -0.2) is 126 Å². The Balaban J connectivity index is 0. The number of amides is 1. The monoisotopic (exact) mass is 1290 g/mol. The lowest BCUT2D eigenvalue weighted by Crippen LogP contribution is -2.27. The molecule has 1 amide bonds. The maximum absolute atomic E-state index is 12.5. The smallest absolute Gasteiger partial charge is 0.414 e. The highest BCUT2D eigenvalue weighted by Crippen LogP contribution is 2.62. The van der Waals surface area contributed by atoms with Gasteiger partial charge in [-0.25, -0.2) is 13.8 Å². The van der Waals surface area contributed by atoms with Crippen LogP contribution in [0.4, 0.5) is 0 Å². The van der Waals surface area contributed by atoms with Crippen molar-refractivity contribution in [1.82, 2.24) is 20.1 Å². The third-order valence-corrected chi connectivity index (χ3v) is 26.5. The van der Waals surface area contributed by atoms with Gasteiger partial charge in [0, 0.05) is 81.1 Å². The van der Waals surface area contributed by atoms with Crippen molar-refractivity contribution in [3.8, 4) is 17.4 Å². The van der Waals surface area contributed by atoms with Gasteiger partial charge in [-0.3, -0.25) is 22.9 Å². The summed E-state index contributed by atoms with van der Waals surface area (Å²) in [4.78, 5) is 29.6. The molecule has 0 radical (unpaired) electrons. The van der Waals surface area contributed by atoms with Crippen LogP contribution in [0.25, 0.3) is 5.69 Å². The van der Waals surface area contributed by atoms with Gasteiger partial charge >= 0.3 is 34.6 Å². The molecule has 0 aliphatic rings. The highest BCUT2D eigenvalue weighted by atomic mass is 35.5. The van der Waals surface area contributed by atoms with Gasteiger partial charge in [-0.05, 0) is 98.7 Å². The summed E-state index contributed by atoms with van der Waals surface area (Å²) in [5, 5.41) is 7.48. The van der Waals surface area contributed by atoms with Crippen LogP contribution >= 0.6 is 127 Å². The zero-order valence-corrected chi connectivity index (χ0v) is 53.7. The van der Waals surface area contributed by atoms with E-state index < -0.39 is 34.3 Å². The van der Waals surface area contributed by atoms with E-state index in [1.165, 1.54) is 38.1 Å². The van der Waals surface area contributed by atoms with Gasteiger partial charge in [-0.1, -0.05) is 78.2 Å². The molecule has 0 saturated carbocycles. The molecule has 1 aromatic heterocycles. The lowest BCUT2D eigenvalue weighted by atomic mass is 10.3. The number of halogens is 3. The molecule has 412 valence electrons. The molecular weight excluding hydrogens is 1230 g/mol. The number of rotatable bonds is 29. The third-order valence-electron chi connectivity index (χ3n) is 7.06. The molecule has 0 saturated heterocycles. The van der Waals surface area contributed by atoms with Crippen molar-refractivity contribution in [3.63, 3.8) is 0 Å². The Morgan fingerprint density at radius 3 is 1.77 bits per heavy atom. The summed E-state index contributed by atoms with van der Waals surface area (Å²) in [5.74, 6) is 5.40. The third kappa shape index (κ3) is 35.1. The molecule has 2 unspecified atom stereocenters. The molecule has 3 aromatic rings. The Labute approximate surface area is 465 Å². The average Bonchev–Trinajstić information content (AvgIpc) is 3.80. The van der Waals surface area contributed by atoms with E-state index in [-0.39, 0.29) is 39.6 Å². The van der Waals surface area contributed by atoms with E-state index in [2.05, 4.69) is 22.3 Å². The van der Waals surface area contributed by atoms with Gasteiger partial charge in [-0.2, -0.15) is 16.7 Å². The minimum Gasteiger partial charge on any atom is -0.414 e. The molecule has 0 spiro atoms.